The molecule has 1 fully saturated rings. The topological polar surface area (TPSA) is 38.2 Å². The summed E-state index contributed by atoms with van der Waals surface area (Å²) < 4.78 is 42.1. The third-order valence-electron chi connectivity index (χ3n) is 4.07. The van der Waals surface area contributed by atoms with Gasteiger partial charge in [-0.25, -0.2) is 9.97 Å². The van der Waals surface area contributed by atoms with Crippen molar-refractivity contribution in [3.63, 3.8) is 0 Å². The monoisotopic (exact) mass is 325 g/mol. The third kappa shape index (κ3) is 3.90. The van der Waals surface area contributed by atoms with Crippen molar-refractivity contribution in [3.05, 3.63) is 30.2 Å². The smallest absolute Gasteiger partial charge is 0.422 e. The molecule has 0 bridgehead atoms. The Bertz CT molecular complexity index is 682. The van der Waals surface area contributed by atoms with Crippen molar-refractivity contribution >= 4 is 10.9 Å². The second-order valence-corrected chi connectivity index (χ2v) is 5.90. The van der Waals surface area contributed by atoms with E-state index in [1.54, 1.807) is 18.3 Å². The molecule has 7 heteroatoms. The lowest BCUT2D eigenvalue weighted by Crippen LogP contribution is -2.29. The standard InChI is InChI=1S/C16H18F3N3O/c1-22-7-5-11(6-8-22)15-20-9-12-3-2-4-13(14(12)21-15)23-10-16(17,18)19/h2-4,9,11H,5-8,10H2,1H3. The first-order valence-corrected chi connectivity index (χ1v) is 7.56. The van der Waals surface area contributed by atoms with Gasteiger partial charge in [-0.05, 0) is 39.0 Å². The molecule has 1 aliphatic rings. The van der Waals surface area contributed by atoms with E-state index in [9.17, 15) is 13.2 Å². The highest BCUT2D eigenvalue weighted by Crippen LogP contribution is 2.29. The molecule has 0 amide bonds. The minimum absolute atomic E-state index is 0.149. The van der Waals surface area contributed by atoms with Crippen LogP contribution in [0.15, 0.2) is 24.4 Å². The molecule has 0 saturated carbocycles. The molecule has 124 valence electrons. The fraction of sp³-hybridized carbons (Fsp3) is 0.500. The van der Waals surface area contributed by atoms with Crippen LogP contribution in [-0.4, -0.2) is 47.8 Å². The first-order chi connectivity index (χ1) is 10.9. The molecule has 2 heterocycles. The molecular formula is C16H18F3N3O. The van der Waals surface area contributed by atoms with Crippen LogP contribution in [0.25, 0.3) is 10.9 Å². The first-order valence-electron chi connectivity index (χ1n) is 7.56. The van der Waals surface area contributed by atoms with E-state index in [2.05, 4.69) is 21.9 Å². The average molecular weight is 325 g/mol. The SMILES string of the molecule is CN1CCC(c2ncc3cccc(OCC(F)(F)F)c3n2)CC1. The lowest BCUT2D eigenvalue weighted by atomic mass is 9.96. The number of para-hydroxylation sites is 1. The zero-order valence-electron chi connectivity index (χ0n) is 12.8. The number of alkyl halides is 3. The largest absolute Gasteiger partial charge is 0.482 e. The Balaban J connectivity index is 1.88. The van der Waals surface area contributed by atoms with E-state index < -0.39 is 12.8 Å². The van der Waals surface area contributed by atoms with Crippen LogP contribution in [0.5, 0.6) is 5.75 Å². The zero-order chi connectivity index (χ0) is 16.4. The van der Waals surface area contributed by atoms with Gasteiger partial charge in [-0.15, -0.1) is 0 Å². The zero-order valence-corrected chi connectivity index (χ0v) is 12.8. The number of ether oxygens (including phenoxy) is 1. The molecule has 1 aromatic heterocycles. The molecule has 0 radical (unpaired) electrons. The average Bonchev–Trinajstić information content (AvgIpc) is 2.52. The molecule has 0 unspecified atom stereocenters. The van der Waals surface area contributed by atoms with Gasteiger partial charge in [0.2, 0.25) is 0 Å². The fourth-order valence-corrected chi connectivity index (χ4v) is 2.78. The second kappa shape index (κ2) is 6.31. The van der Waals surface area contributed by atoms with Crippen molar-refractivity contribution in [2.75, 3.05) is 26.7 Å². The van der Waals surface area contributed by atoms with E-state index in [-0.39, 0.29) is 11.7 Å². The lowest BCUT2D eigenvalue weighted by molar-refractivity contribution is -0.153. The molecule has 1 aliphatic heterocycles. The van der Waals surface area contributed by atoms with E-state index >= 15 is 0 Å². The summed E-state index contributed by atoms with van der Waals surface area (Å²) >= 11 is 0. The number of halogens is 3. The van der Waals surface area contributed by atoms with Crippen LogP contribution in [0.2, 0.25) is 0 Å². The maximum absolute atomic E-state index is 12.4. The molecule has 23 heavy (non-hydrogen) atoms. The molecular weight excluding hydrogens is 307 g/mol. The number of benzene rings is 1. The summed E-state index contributed by atoms with van der Waals surface area (Å²) in [6.07, 6.45) is -0.802. The Morgan fingerprint density at radius 1 is 1.26 bits per heavy atom. The molecule has 1 aromatic carbocycles. The quantitative estimate of drug-likeness (QED) is 0.867. The maximum atomic E-state index is 12.4. The van der Waals surface area contributed by atoms with Crippen LogP contribution in [0.3, 0.4) is 0 Å². The molecule has 3 rings (SSSR count). The molecule has 0 atom stereocenters. The predicted molar refractivity (Wildman–Crippen MR) is 80.6 cm³/mol. The van der Waals surface area contributed by atoms with Crippen LogP contribution >= 0.6 is 0 Å². The molecule has 0 aliphatic carbocycles. The number of likely N-dealkylation sites (tertiary alicyclic amines) is 1. The van der Waals surface area contributed by atoms with Crippen molar-refractivity contribution in [2.24, 2.45) is 0 Å². The van der Waals surface area contributed by atoms with E-state index in [1.165, 1.54) is 6.07 Å². The van der Waals surface area contributed by atoms with Gasteiger partial charge in [-0.1, -0.05) is 12.1 Å². The summed E-state index contributed by atoms with van der Waals surface area (Å²) in [7, 11) is 2.07. The van der Waals surface area contributed by atoms with E-state index in [0.717, 1.165) is 25.9 Å². The van der Waals surface area contributed by atoms with Crippen LogP contribution in [-0.2, 0) is 0 Å². The van der Waals surface area contributed by atoms with Gasteiger partial charge in [0, 0.05) is 17.5 Å². The van der Waals surface area contributed by atoms with E-state index in [0.29, 0.717) is 16.7 Å². The van der Waals surface area contributed by atoms with E-state index in [4.69, 9.17) is 4.74 Å². The van der Waals surface area contributed by atoms with Gasteiger partial charge in [0.1, 0.15) is 17.1 Å². The Kier molecular flexibility index (Phi) is 4.39. The lowest BCUT2D eigenvalue weighted by Gasteiger charge is -2.28. The van der Waals surface area contributed by atoms with Gasteiger partial charge in [0.25, 0.3) is 0 Å². The van der Waals surface area contributed by atoms with Crippen molar-refractivity contribution in [1.82, 2.24) is 14.9 Å². The summed E-state index contributed by atoms with van der Waals surface area (Å²) in [5.74, 6) is 1.08. The van der Waals surface area contributed by atoms with Crippen LogP contribution in [0, 0.1) is 0 Å². The second-order valence-electron chi connectivity index (χ2n) is 5.90. The number of rotatable bonds is 3. The first kappa shape index (κ1) is 16.0. The Morgan fingerprint density at radius 3 is 2.70 bits per heavy atom. The molecule has 0 N–H and O–H groups in total. The van der Waals surface area contributed by atoms with Gasteiger partial charge in [-0.3, -0.25) is 0 Å². The Morgan fingerprint density at radius 2 is 2.00 bits per heavy atom. The van der Waals surface area contributed by atoms with Crippen molar-refractivity contribution in [2.45, 2.75) is 24.9 Å². The summed E-state index contributed by atoms with van der Waals surface area (Å²) in [5, 5.41) is 0.682. The van der Waals surface area contributed by atoms with E-state index in [1.807, 2.05) is 0 Å². The number of fused-ring (bicyclic) bond motifs is 1. The van der Waals surface area contributed by atoms with Gasteiger partial charge < -0.3 is 9.64 Å². The highest BCUT2D eigenvalue weighted by Gasteiger charge is 2.29. The fourth-order valence-electron chi connectivity index (χ4n) is 2.78. The van der Waals surface area contributed by atoms with Crippen LogP contribution in [0.4, 0.5) is 13.2 Å². The predicted octanol–water partition coefficient (Wildman–Crippen LogP) is 3.38. The van der Waals surface area contributed by atoms with Crippen molar-refractivity contribution in [1.29, 1.82) is 0 Å². The summed E-state index contributed by atoms with van der Waals surface area (Å²) in [5.41, 5.74) is 0.445. The summed E-state index contributed by atoms with van der Waals surface area (Å²) in [6, 6.07) is 4.93. The molecule has 2 aromatic rings. The summed E-state index contributed by atoms with van der Waals surface area (Å²) in [4.78, 5) is 11.1. The minimum atomic E-state index is -4.37. The van der Waals surface area contributed by atoms with Crippen LogP contribution < -0.4 is 4.74 Å². The summed E-state index contributed by atoms with van der Waals surface area (Å²) in [6.45, 7) is 0.621. The Hall–Kier alpha value is -1.89. The number of nitrogens with zero attached hydrogens (tertiary/aromatic N) is 3. The number of piperidine rings is 1. The number of hydrogen-bond donors (Lipinski definition) is 0. The van der Waals surface area contributed by atoms with Crippen LogP contribution in [0.1, 0.15) is 24.6 Å². The minimum Gasteiger partial charge on any atom is -0.482 e. The van der Waals surface area contributed by atoms with Gasteiger partial charge >= 0.3 is 6.18 Å². The molecule has 0 spiro atoms. The third-order valence-corrected chi connectivity index (χ3v) is 4.07. The molecule has 1 saturated heterocycles. The highest BCUT2D eigenvalue weighted by molar-refractivity contribution is 5.83. The Labute approximate surface area is 132 Å². The maximum Gasteiger partial charge on any atom is 0.422 e. The van der Waals surface area contributed by atoms with Crippen molar-refractivity contribution in [3.8, 4) is 5.75 Å². The molecule has 4 nitrogen and oxygen atoms in total. The number of aromatic nitrogens is 2. The number of hydrogen-bond acceptors (Lipinski definition) is 4. The normalized spacial score (nSPS) is 17.6. The highest BCUT2D eigenvalue weighted by atomic mass is 19.4. The van der Waals surface area contributed by atoms with Gasteiger partial charge in [-0.2, -0.15) is 13.2 Å². The van der Waals surface area contributed by atoms with Crippen molar-refractivity contribution < 1.29 is 17.9 Å². The van der Waals surface area contributed by atoms with Gasteiger partial charge in [0.15, 0.2) is 6.61 Å². The van der Waals surface area contributed by atoms with Gasteiger partial charge in [0.05, 0.1) is 0 Å².